The third-order valence-electron chi connectivity index (χ3n) is 4.98. The number of urea groups is 1. The van der Waals surface area contributed by atoms with Crippen LogP contribution in [0, 0.1) is 6.92 Å². The van der Waals surface area contributed by atoms with Gasteiger partial charge in [0.05, 0.1) is 17.5 Å². The second kappa shape index (κ2) is 7.74. The van der Waals surface area contributed by atoms with Gasteiger partial charge in [-0.25, -0.2) is 17.9 Å². The Morgan fingerprint density at radius 2 is 1.97 bits per heavy atom. The Balaban J connectivity index is 2.09. The van der Waals surface area contributed by atoms with Gasteiger partial charge >= 0.3 is 6.03 Å². The average molecular weight is 434 g/mol. The fourth-order valence-corrected chi connectivity index (χ4v) is 4.63. The molecule has 0 saturated carbocycles. The molecule has 1 aliphatic heterocycles. The molecule has 30 heavy (non-hydrogen) atoms. The van der Waals surface area contributed by atoms with Crippen molar-refractivity contribution in [2.45, 2.75) is 65.2 Å². The molecule has 164 valence electrons. The van der Waals surface area contributed by atoms with Crippen LogP contribution in [-0.4, -0.2) is 32.0 Å². The van der Waals surface area contributed by atoms with Crippen LogP contribution in [0.1, 0.15) is 56.4 Å². The maximum absolute atomic E-state index is 12.4. The number of carbonyl (C=O) groups excluding carboxylic acids is 1. The minimum absolute atomic E-state index is 0.363. The molecule has 1 aromatic carbocycles. The van der Waals surface area contributed by atoms with Gasteiger partial charge in [-0.15, -0.1) is 0 Å². The maximum Gasteiger partial charge on any atom is 0.332 e. The van der Waals surface area contributed by atoms with E-state index in [9.17, 15) is 13.2 Å². The van der Waals surface area contributed by atoms with Crippen molar-refractivity contribution in [3.63, 3.8) is 0 Å². The quantitative estimate of drug-likeness (QED) is 0.674. The van der Waals surface area contributed by atoms with E-state index >= 15 is 0 Å². The van der Waals surface area contributed by atoms with Crippen molar-refractivity contribution in [1.29, 1.82) is 0 Å². The summed E-state index contributed by atoms with van der Waals surface area (Å²) in [6, 6.07) is 1.40. The summed E-state index contributed by atoms with van der Waals surface area (Å²) in [4.78, 5) is 12.4. The van der Waals surface area contributed by atoms with E-state index in [0.29, 0.717) is 5.69 Å². The Morgan fingerprint density at radius 1 is 1.27 bits per heavy atom. The molecule has 1 atom stereocenters. The van der Waals surface area contributed by atoms with Gasteiger partial charge in [0.15, 0.2) is 5.72 Å². The predicted molar refractivity (Wildman–Crippen MR) is 120 cm³/mol. The molecule has 0 radical (unpaired) electrons. The second-order valence-corrected chi connectivity index (χ2v) is 10.9. The third-order valence-corrected chi connectivity index (χ3v) is 5.54. The van der Waals surface area contributed by atoms with Gasteiger partial charge in [0, 0.05) is 5.56 Å². The van der Waals surface area contributed by atoms with Crippen LogP contribution in [0.3, 0.4) is 0 Å². The van der Waals surface area contributed by atoms with Crippen molar-refractivity contribution in [2.75, 3.05) is 11.6 Å². The van der Waals surface area contributed by atoms with Gasteiger partial charge in [-0.3, -0.25) is 0 Å². The topological polar surface area (TPSA) is 96.5 Å². The molecule has 7 nitrogen and oxygen atoms in total. The highest BCUT2D eigenvalue weighted by molar-refractivity contribution is 7.89. The number of fused-ring (bicyclic) bond motifs is 1. The zero-order valence-corrected chi connectivity index (χ0v) is 19.3. The van der Waals surface area contributed by atoms with Gasteiger partial charge in [-0.1, -0.05) is 6.07 Å². The monoisotopic (exact) mass is 433 g/mol. The zero-order valence-electron chi connectivity index (χ0n) is 18.5. The normalized spacial score (nSPS) is 20.9. The molecule has 0 aromatic heterocycles. The first-order valence-corrected chi connectivity index (χ1v) is 12.0. The minimum atomic E-state index is -3.66. The highest BCUT2D eigenvalue weighted by atomic mass is 32.2. The van der Waals surface area contributed by atoms with E-state index in [0.717, 1.165) is 47.8 Å². The molecule has 1 unspecified atom stereocenters. The molecule has 2 aliphatic rings. The Morgan fingerprint density at radius 3 is 2.60 bits per heavy atom. The van der Waals surface area contributed by atoms with Crippen molar-refractivity contribution in [3.05, 3.63) is 46.7 Å². The van der Waals surface area contributed by atoms with Crippen molar-refractivity contribution < 1.29 is 17.9 Å². The molecule has 8 heteroatoms. The fraction of sp³-hybridized carbons (Fsp3) is 0.500. The van der Waals surface area contributed by atoms with Crippen LogP contribution in [-0.2, 0) is 27.6 Å². The maximum atomic E-state index is 12.4. The lowest BCUT2D eigenvalue weighted by Crippen LogP contribution is -2.46. The molecular formula is C22H31N3O4S. The van der Waals surface area contributed by atoms with E-state index < -0.39 is 21.8 Å². The van der Waals surface area contributed by atoms with E-state index in [4.69, 9.17) is 4.74 Å². The molecule has 1 aromatic rings. The zero-order chi connectivity index (χ0) is 22.3. The van der Waals surface area contributed by atoms with Crippen LogP contribution in [0.15, 0.2) is 24.4 Å². The first kappa shape index (κ1) is 22.4. The minimum Gasteiger partial charge on any atom is -0.361 e. The number of ether oxygens (including phenoxy) is 1. The van der Waals surface area contributed by atoms with Gasteiger partial charge in [0.25, 0.3) is 0 Å². The van der Waals surface area contributed by atoms with E-state index in [1.165, 1.54) is 5.56 Å². The predicted octanol–water partition coefficient (Wildman–Crippen LogP) is 3.60. The van der Waals surface area contributed by atoms with Crippen LogP contribution in [0.2, 0.25) is 0 Å². The number of dihydropyridines is 1. The van der Waals surface area contributed by atoms with Crippen LogP contribution < -0.4 is 15.4 Å². The smallest absolute Gasteiger partial charge is 0.332 e. The standard InChI is InChI=1S/C22H31N3O4S/c1-14-12-15-8-7-9-17(15)19(24-20(26)25-30(6,27)28)18(14)16-10-11-23-22(5,13-16)29-21(2,3)4/h10-13,23H,7-9H2,1-6H3,(H2,24,25,26). The number of rotatable bonds is 4. The molecule has 3 N–H and O–H groups in total. The molecule has 0 saturated heterocycles. The van der Waals surface area contributed by atoms with Gasteiger partial charge < -0.3 is 15.4 Å². The number of amides is 2. The molecule has 1 aliphatic carbocycles. The third kappa shape index (κ3) is 5.23. The highest BCUT2D eigenvalue weighted by Gasteiger charge is 2.31. The number of nitrogens with one attached hydrogen (secondary N) is 3. The molecule has 0 spiro atoms. The number of allylic oxidation sites excluding steroid dienone is 2. The molecular weight excluding hydrogens is 402 g/mol. The molecule has 0 fully saturated rings. The largest absolute Gasteiger partial charge is 0.361 e. The van der Waals surface area contributed by atoms with Crippen LogP contribution in [0.25, 0.3) is 5.57 Å². The number of aryl methyl sites for hydroxylation is 2. The fourth-order valence-electron chi connectivity index (χ4n) is 4.24. The van der Waals surface area contributed by atoms with Crippen molar-refractivity contribution in [2.24, 2.45) is 0 Å². The number of sulfonamides is 1. The van der Waals surface area contributed by atoms with Crippen LogP contribution in [0.5, 0.6) is 0 Å². The number of benzene rings is 1. The summed E-state index contributed by atoms with van der Waals surface area (Å²) in [5.74, 6) is 0. The summed E-state index contributed by atoms with van der Waals surface area (Å²) in [6.45, 7) is 9.94. The van der Waals surface area contributed by atoms with Crippen molar-refractivity contribution in [3.8, 4) is 0 Å². The average Bonchev–Trinajstić information content (AvgIpc) is 2.98. The van der Waals surface area contributed by atoms with Crippen molar-refractivity contribution in [1.82, 2.24) is 10.0 Å². The Kier molecular flexibility index (Phi) is 5.77. The molecule has 0 bridgehead atoms. The summed E-state index contributed by atoms with van der Waals surface area (Å²) < 4.78 is 31.3. The summed E-state index contributed by atoms with van der Waals surface area (Å²) in [5.41, 5.74) is 4.63. The molecule has 1 heterocycles. The van der Waals surface area contributed by atoms with Gasteiger partial charge in [-0.05, 0) is 94.5 Å². The van der Waals surface area contributed by atoms with Crippen LogP contribution >= 0.6 is 0 Å². The number of anilines is 1. The van der Waals surface area contributed by atoms with E-state index in [2.05, 4.69) is 16.7 Å². The lowest BCUT2D eigenvalue weighted by Gasteiger charge is -2.37. The van der Waals surface area contributed by atoms with Gasteiger partial charge in [0.1, 0.15) is 0 Å². The molecule has 3 rings (SSSR count). The number of hydrogen-bond donors (Lipinski definition) is 3. The number of carbonyl (C=O) groups is 1. The Hall–Kier alpha value is -2.32. The summed E-state index contributed by atoms with van der Waals surface area (Å²) >= 11 is 0. The second-order valence-electron chi connectivity index (χ2n) is 9.16. The van der Waals surface area contributed by atoms with Crippen LogP contribution in [0.4, 0.5) is 10.5 Å². The lowest BCUT2D eigenvalue weighted by molar-refractivity contribution is -0.106. The summed E-state index contributed by atoms with van der Waals surface area (Å²) in [7, 11) is -3.66. The Labute approximate surface area is 179 Å². The first-order valence-electron chi connectivity index (χ1n) is 10.1. The first-order chi connectivity index (χ1) is 13.8. The van der Waals surface area contributed by atoms with E-state index in [1.54, 1.807) is 0 Å². The van der Waals surface area contributed by atoms with E-state index in [-0.39, 0.29) is 5.60 Å². The number of hydrogen-bond acceptors (Lipinski definition) is 5. The van der Waals surface area contributed by atoms with Crippen molar-refractivity contribution >= 4 is 27.3 Å². The molecule has 2 amide bonds. The lowest BCUT2D eigenvalue weighted by atomic mass is 9.90. The van der Waals surface area contributed by atoms with Gasteiger partial charge in [0.2, 0.25) is 10.0 Å². The Bertz CT molecular complexity index is 1040. The van der Waals surface area contributed by atoms with E-state index in [1.807, 2.05) is 57.7 Å². The van der Waals surface area contributed by atoms with Gasteiger partial charge in [-0.2, -0.15) is 0 Å². The summed E-state index contributed by atoms with van der Waals surface area (Å²) in [5, 5.41) is 6.07. The summed E-state index contributed by atoms with van der Waals surface area (Å²) in [6.07, 6.45) is 9.53. The SMILES string of the molecule is Cc1cc2c(c(NC(=O)NS(C)(=O)=O)c1C1=CC(C)(OC(C)(C)C)NC=C1)CCC2. The highest BCUT2D eigenvalue weighted by Crippen LogP contribution is 2.40.